The zero-order chi connectivity index (χ0) is 15.1. The molecule has 1 heterocycles. The van der Waals surface area contributed by atoms with Crippen LogP contribution in [0.1, 0.15) is 38.3 Å². The van der Waals surface area contributed by atoms with Crippen LogP contribution in [-0.2, 0) is 6.54 Å². The molecular weight excluding hydrogens is 266 g/mol. The largest absolute Gasteiger partial charge is 0.357 e. The second-order valence-corrected chi connectivity index (χ2v) is 6.75. The maximum atomic E-state index is 4.66. The van der Waals surface area contributed by atoms with Crippen LogP contribution in [0.2, 0.25) is 0 Å². The number of hydrogen-bond acceptors (Lipinski definition) is 4. The van der Waals surface area contributed by atoms with Crippen LogP contribution in [0.3, 0.4) is 0 Å². The number of pyridine rings is 1. The molecule has 0 aliphatic rings. The Bertz CT molecular complexity index is 407. The Morgan fingerprint density at radius 3 is 2.60 bits per heavy atom. The van der Waals surface area contributed by atoms with Crippen molar-refractivity contribution in [2.45, 2.75) is 52.7 Å². The Morgan fingerprint density at radius 2 is 2.05 bits per heavy atom. The molecule has 0 spiro atoms. The quantitative estimate of drug-likeness (QED) is 0.795. The summed E-state index contributed by atoms with van der Waals surface area (Å²) in [7, 11) is 2.15. The lowest BCUT2D eigenvalue weighted by molar-refractivity contribution is 0.587. The first-order chi connectivity index (χ1) is 9.45. The minimum atomic E-state index is 0.504. The van der Waals surface area contributed by atoms with Gasteiger partial charge in [-0.05, 0) is 49.5 Å². The van der Waals surface area contributed by atoms with Gasteiger partial charge in [-0.3, -0.25) is 0 Å². The molecule has 0 aromatic carbocycles. The molecule has 0 aliphatic carbocycles. The van der Waals surface area contributed by atoms with E-state index in [1.807, 2.05) is 18.0 Å². The average Bonchev–Trinajstić information content (AvgIpc) is 2.41. The number of aryl methyl sites for hydroxylation is 1. The predicted octanol–water partition coefficient (Wildman–Crippen LogP) is 3.47. The van der Waals surface area contributed by atoms with Gasteiger partial charge in [-0.2, -0.15) is 11.8 Å². The van der Waals surface area contributed by atoms with Crippen LogP contribution in [0.5, 0.6) is 0 Å². The van der Waals surface area contributed by atoms with Crippen molar-refractivity contribution in [3.63, 3.8) is 0 Å². The van der Waals surface area contributed by atoms with Gasteiger partial charge in [-0.1, -0.05) is 13.8 Å². The van der Waals surface area contributed by atoms with Crippen molar-refractivity contribution in [2.75, 3.05) is 24.0 Å². The standard InChI is InChI=1S/C16H29N3S/c1-12(2)17-10-15-9-13(3)16(18-11-15)19(5)14(4)7-8-20-6/h9,11-12,14,17H,7-8,10H2,1-6H3. The summed E-state index contributed by atoms with van der Waals surface area (Å²) in [6, 6.07) is 3.27. The molecule has 0 amide bonds. The summed E-state index contributed by atoms with van der Waals surface area (Å²) in [6.45, 7) is 9.63. The summed E-state index contributed by atoms with van der Waals surface area (Å²) >= 11 is 1.90. The van der Waals surface area contributed by atoms with Gasteiger partial charge in [0, 0.05) is 31.9 Å². The highest BCUT2D eigenvalue weighted by molar-refractivity contribution is 7.98. The molecule has 1 unspecified atom stereocenters. The van der Waals surface area contributed by atoms with Crippen LogP contribution >= 0.6 is 11.8 Å². The lowest BCUT2D eigenvalue weighted by Gasteiger charge is -2.27. The number of nitrogens with zero attached hydrogens (tertiary/aromatic N) is 2. The first kappa shape index (κ1) is 17.3. The highest BCUT2D eigenvalue weighted by Gasteiger charge is 2.13. The molecule has 0 saturated carbocycles. The van der Waals surface area contributed by atoms with E-state index in [-0.39, 0.29) is 0 Å². The van der Waals surface area contributed by atoms with Crippen LogP contribution in [0.4, 0.5) is 5.82 Å². The van der Waals surface area contributed by atoms with E-state index in [4.69, 9.17) is 0 Å². The van der Waals surface area contributed by atoms with E-state index in [9.17, 15) is 0 Å². The second-order valence-electron chi connectivity index (χ2n) is 5.76. The fourth-order valence-electron chi connectivity index (χ4n) is 2.10. The summed E-state index contributed by atoms with van der Waals surface area (Å²) in [6.07, 6.45) is 5.34. The van der Waals surface area contributed by atoms with Gasteiger partial charge in [-0.15, -0.1) is 0 Å². The third-order valence-electron chi connectivity index (χ3n) is 3.56. The lowest BCUT2D eigenvalue weighted by atomic mass is 10.1. The average molecular weight is 295 g/mol. The van der Waals surface area contributed by atoms with Crippen molar-refractivity contribution in [1.29, 1.82) is 0 Å². The van der Waals surface area contributed by atoms with Crippen LogP contribution in [-0.4, -0.2) is 36.1 Å². The number of aromatic nitrogens is 1. The number of anilines is 1. The Hall–Kier alpha value is -0.740. The summed E-state index contributed by atoms with van der Waals surface area (Å²) in [5.74, 6) is 2.30. The normalized spacial score (nSPS) is 12.8. The highest BCUT2D eigenvalue weighted by Crippen LogP contribution is 2.20. The lowest BCUT2D eigenvalue weighted by Crippen LogP contribution is -2.31. The third-order valence-corrected chi connectivity index (χ3v) is 4.20. The summed E-state index contributed by atoms with van der Waals surface area (Å²) in [5.41, 5.74) is 2.51. The first-order valence-electron chi connectivity index (χ1n) is 7.36. The van der Waals surface area contributed by atoms with Gasteiger partial charge in [0.1, 0.15) is 5.82 Å². The molecule has 0 bridgehead atoms. The highest BCUT2D eigenvalue weighted by atomic mass is 32.2. The minimum absolute atomic E-state index is 0.504. The fraction of sp³-hybridized carbons (Fsp3) is 0.688. The van der Waals surface area contributed by atoms with Crippen molar-refractivity contribution in [1.82, 2.24) is 10.3 Å². The van der Waals surface area contributed by atoms with Gasteiger partial charge in [0.15, 0.2) is 0 Å². The Balaban J connectivity index is 2.71. The smallest absolute Gasteiger partial charge is 0.131 e. The molecule has 1 aromatic rings. The molecule has 0 radical (unpaired) electrons. The zero-order valence-electron chi connectivity index (χ0n) is 13.7. The van der Waals surface area contributed by atoms with Crippen LogP contribution in [0.15, 0.2) is 12.3 Å². The molecule has 1 aromatic heterocycles. The van der Waals surface area contributed by atoms with E-state index in [1.165, 1.54) is 23.3 Å². The molecule has 1 rings (SSSR count). The Kier molecular flexibility index (Phi) is 7.38. The Labute approximate surface area is 128 Å². The maximum absolute atomic E-state index is 4.66. The molecule has 20 heavy (non-hydrogen) atoms. The SMILES string of the molecule is CSCCC(C)N(C)c1ncc(CNC(C)C)cc1C. The molecule has 1 N–H and O–H groups in total. The fourth-order valence-corrected chi connectivity index (χ4v) is 2.68. The molecule has 0 fully saturated rings. The number of hydrogen-bond donors (Lipinski definition) is 1. The van der Waals surface area contributed by atoms with Gasteiger partial charge in [0.2, 0.25) is 0 Å². The Morgan fingerprint density at radius 1 is 1.35 bits per heavy atom. The third kappa shape index (κ3) is 5.33. The summed E-state index contributed by atoms with van der Waals surface area (Å²) in [4.78, 5) is 6.96. The van der Waals surface area contributed by atoms with Crippen molar-refractivity contribution < 1.29 is 0 Å². The second kappa shape index (κ2) is 8.53. The molecule has 0 saturated heterocycles. The van der Waals surface area contributed by atoms with E-state index < -0.39 is 0 Å². The van der Waals surface area contributed by atoms with Gasteiger partial charge >= 0.3 is 0 Å². The summed E-state index contributed by atoms with van der Waals surface area (Å²) in [5, 5.41) is 3.43. The molecule has 4 heteroatoms. The monoisotopic (exact) mass is 295 g/mol. The molecule has 0 aliphatic heterocycles. The van der Waals surface area contributed by atoms with Crippen molar-refractivity contribution in [2.24, 2.45) is 0 Å². The topological polar surface area (TPSA) is 28.2 Å². The predicted molar refractivity (Wildman–Crippen MR) is 91.8 cm³/mol. The van der Waals surface area contributed by atoms with Crippen molar-refractivity contribution in [3.05, 3.63) is 23.4 Å². The van der Waals surface area contributed by atoms with Gasteiger partial charge in [0.25, 0.3) is 0 Å². The minimum Gasteiger partial charge on any atom is -0.357 e. The van der Waals surface area contributed by atoms with Crippen LogP contribution in [0.25, 0.3) is 0 Å². The van der Waals surface area contributed by atoms with E-state index >= 15 is 0 Å². The molecular formula is C16H29N3S. The van der Waals surface area contributed by atoms with Gasteiger partial charge in [-0.25, -0.2) is 4.98 Å². The number of rotatable bonds is 8. The first-order valence-corrected chi connectivity index (χ1v) is 8.75. The van der Waals surface area contributed by atoms with E-state index in [0.29, 0.717) is 12.1 Å². The van der Waals surface area contributed by atoms with Crippen LogP contribution in [0, 0.1) is 6.92 Å². The molecule has 3 nitrogen and oxygen atoms in total. The van der Waals surface area contributed by atoms with Crippen LogP contribution < -0.4 is 10.2 Å². The maximum Gasteiger partial charge on any atom is 0.131 e. The molecule has 1 atom stereocenters. The zero-order valence-corrected chi connectivity index (χ0v) is 14.5. The van der Waals surface area contributed by atoms with E-state index in [2.05, 4.69) is 62.3 Å². The van der Waals surface area contributed by atoms with Crippen molar-refractivity contribution >= 4 is 17.6 Å². The number of thioether (sulfide) groups is 1. The molecule has 114 valence electrons. The van der Waals surface area contributed by atoms with E-state index in [1.54, 1.807) is 0 Å². The summed E-state index contributed by atoms with van der Waals surface area (Å²) < 4.78 is 0. The van der Waals surface area contributed by atoms with Crippen molar-refractivity contribution in [3.8, 4) is 0 Å². The van der Waals surface area contributed by atoms with Gasteiger partial charge < -0.3 is 10.2 Å². The van der Waals surface area contributed by atoms with Gasteiger partial charge in [0.05, 0.1) is 0 Å². The van der Waals surface area contributed by atoms with E-state index in [0.717, 1.165) is 12.4 Å². The number of nitrogens with one attached hydrogen (secondary N) is 1.